The number of nitrogens with one attached hydrogen (secondary N) is 1. The molecule has 18 heavy (non-hydrogen) atoms. The SMILES string of the molecule is Cc1nc(Cl)nc(NC2CC=CCC2)c1[N+](=O)[O-]. The van der Waals surface area contributed by atoms with Crippen molar-refractivity contribution in [3.05, 3.63) is 33.2 Å². The quantitative estimate of drug-likeness (QED) is 0.394. The van der Waals surface area contributed by atoms with Gasteiger partial charge in [0.25, 0.3) is 0 Å². The number of aromatic nitrogens is 2. The average molecular weight is 269 g/mol. The Balaban J connectivity index is 2.30. The lowest BCUT2D eigenvalue weighted by molar-refractivity contribution is -0.385. The van der Waals surface area contributed by atoms with Gasteiger partial charge in [-0.25, -0.2) is 4.98 Å². The van der Waals surface area contributed by atoms with Crippen molar-refractivity contribution in [3.8, 4) is 0 Å². The summed E-state index contributed by atoms with van der Waals surface area (Å²) in [5.74, 6) is 0.206. The number of halogens is 1. The van der Waals surface area contributed by atoms with E-state index in [2.05, 4.69) is 27.4 Å². The van der Waals surface area contributed by atoms with E-state index in [4.69, 9.17) is 11.6 Å². The largest absolute Gasteiger partial charge is 0.361 e. The fourth-order valence-corrected chi connectivity index (χ4v) is 2.18. The van der Waals surface area contributed by atoms with Crippen LogP contribution in [0.4, 0.5) is 11.5 Å². The molecule has 1 aliphatic rings. The molecule has 0 saturated carbocycles. The lowest BCUT2D eigenvalue weighted by Crippen LogP contribution is -2.22. The van der Waals surface area contributed by atoms with Gasteiger partial charge in [-0.2, -0.15) is 4.98 Å². The number of nitro groups is 1. The summed E-state index contributed by atoms with van der Waals surface area (Å²) in [4.78, 5) is 18.3. The molecule has 1 unspecified atom stereocenters. The van der Waals surface area contributed by atoms with Crippen molar-refractivity contribution in [2.45, 2.75) is 32.2 Å². The second-order valence-corrected chi connectivity index (χ2v) is 4.50. The zero-order chi connectivity index (χ0) is 13.1. The van der Waals surface area contributed by atoms with Gasteiger partial charge in [0.1, 0.15) is 5.69 Å². The zero-order valence-electron chi connectivity index (χ0n) is 9.89. The van der Waals surface area contributed by atoms with Crippen LogP contribution in [0, 0.1) is 17.0 Å². The highest BCUT2D eigenvalue weighted by atomic mass is 35.5. The molecule has 1 aliphatic carbocycles. The summed E-state index contributed by atoms with van der Waals surface area (Å²) in [6.07, 6.45) is 6.88. The van der Waals surface area contributed by atoms with Gasteiger partial charge in [0.2, 0.25) is 11.1 Å². The number of rotatable bonds is 3. The number of nitrogens with zero attached hydrogens (tertiary/aromatic N) is 3. The van der Waals surface area contributed by atoms with Crippen molar-refractivity contribution in [1.82, 2.24) is 9.97 Å². The lowest BCUT2D eigenvalue weighted by atomic mass is 10.0. The first-order valence-electron chi connectivity index (χ1n) is 5.68. The van der Waals surface area contributed by atoms with E-state index in [9.17, 15) is 10.1 Å². The second-order valence-electron chi connectivity index (χ2n) is 4.16. The first kappa shape index (κ1) is 12.8. The monoisotopic (exact) mass is 268 g/mol. The smallest absolute Gasteiger partial charge is 0.332 e. The van der Waals surface area contributed by atoms with Crippen LogP contribution in [0.3, 0.4) is 0 Å². The van der Waals surface area contributed by atoms with E-state index in [1.165, 1.54) is 0 Å². The van der Waals surface area contributed by atoms with Gasteiger partial charge in [-0.15, -0.1) is 0 Å². The molecule has 0 amide bonds. The van der Waals surface area contributed by atoms with Gasteiger partial charge in [-0.05, 0) is 37.8 Å². The third-order valence-electron chi connectivity index (χ3n) is 2.82. The minimum atomic E-state index is -0.480. The molecule has 0 aliphatic heterocycles. The van der Waals surface area contributed by atoms with Crippen LogP contribution in [0.2, 0.25) is 5.28 Å². The summed E-state index contributed by atoms with van der Waals surface area (Å²) >= 11 is 5.75. The topological polar surface area (TPSA) is 81.0 Å². The standard InChI is InChI=1S/C11H13ClN4O2/c1-7-9(16(17)18)10(15-11(12)13-7)14-8-5-3-2-4-6-8/h2-3,8H,4-6H2,1H3,(H,13,14,15). The fraction of sp³-hybridized carbons (Fsp3) is 0.455. The number of hydrogen-bond acceptors (Lipinski definition) is 5. The predicted molar refractivity (Wildman–Crippen MR) is 68.8 cm³/mol. The van der Waals surface area contributed by atoms with Crippen LogP contribution >= 0.6 is 11.6 Å². The number of allylic oxidation sites excluding steroid dienone is 1. The molecule has 0 fully saturated rings. The summed E-state index contributed by atoms with van der Waals surface area (Å²) in [6, 6.07) is 0.152. The van der Waals surface area contributed by atoms with Gasteiger partial charge in [0.15, 0.2) is 0 Å². The maximum atomic E-state index is 11.0. The first-order valence-corrected chi connectivity index (χ1v) is 6.06. The number of aryl methyl sites for hydroxylation is 1. The Bertz CT molecular complexity index is 504. The molecule has 6 nitrogen and oxygen atoms in total. The van der Waals surface area contributed by atoms with Crippen molar-refractivity contribution >= 4 is 23.1 Å². The molecule has 7 heteroatoms. The van der Waals surface area contributed by atoms with Crippen LogP contribution in [0.1, 0.15) is 25.0 Å². The van der Waals surface area contributed by atoms with Crippen LogP contribution in [0.15, 0.2) is 12.2 Å². The highest BCUT2D eigenvalue weighted by molar-refractivity contribution is 6.28. The molecule has 0 bridgehead atoms. The molecule has 0 saturated heterocycles. The van der Waals surface area contributed by atoms with Gasteiger partial charge in [0.05, 0.1) is 4.92 Å². The molecular formula is C11H13ClN4O2. The Labute approximate surface area is 109 Å². The second kappa shape index (κ2) is 5.30. The van der Waals surface area contributed by atoms with E-state index in [1.54, 1.807) is 6.92 Å². The van der Waals surface area contributed by atoms with Crippen LogP contribution < -0.4 is 5.32 Å². The zero-order valence-corrected chi connectivity index (χ0v) is 10.6. The molecular weight excluding hydrogens is 256 g/mol. The molecule has 1 heterocycles. The predicted octanol–water partition coefficient (Wildman–Crippen LogP) is 2.87. The van der Waals surface area contributed by atoms with Gasteiger partial charge in [-0.3, -0.25) is 10.1 Å². The Kier molecular flexibility index (Phi) is 3.76. The molecule has 0 spiro atoms. The van der Waals surface area contributed by atoms with Crippen LogP contribution in [-0.2, 0) is 0 Å². The van der Waals surface area contributed by atoms with E-state index in [0.29, 0.717) is 0 Å². The normalized spacial score (nSPS) is 18.7. The molecule has 0 radical (unpaired) electrons. The maximum absolute atomic E-state index is 11.0. The van der Waals surface area contributed by atoms with E-state index < -0.39 is 4.92 Å². The van der Waals surface area contributed by atoms with Crippen LogP contribution in [-0.4, -0.2) is 20.9 Å². The minimum Gasteiger partial charge on any atom is -0.361 e. The summed E-state index contributed by atoms with van der Waals surface area (Å²) in [5.41, 5.74) is 0.169. The van der Waals surface area contributed by atoms with Crippen molar-refractivity contribution in [2.75, 3.05) is 5.32 Å². The molecule has 0 aromatic carbocycles. The maximum Gasteiger partial charge on any atom is 0.332 e. The average Bonchev–Trinajstić information content (AvgIpc) is 2.28. The van der Waals surface area contributed by atoms with Gasteiger partial charge < -0.3 is 5.32 Å². The fourth-order valence-electron chi connectivity index (χ4n) is 1.97. The molecule has 2 rings (SSSR count). The first-order chi connectivity index (χ1) is 8.58. The molecule has 1 atom stereocenters. The Morgan fingerprint density at radius 1 is 1.50 bits per heavy atom. The van der Waals surface area contributed by atoms with Gasteiger partial charge in [-0.1, -0.05) is 12.2 Å². The minimum absolute atomic E-state index is 0.0203. The Morgan fingerprint density at radius 3 is 2.89 bits per heavy atom. The Hall–Kier alpha value is -1.69. The van der Waals surface area contributed by atoms with E-state index in [-0.39, 0.29) is 28.5 Å². The number of anilines is 1. The van der Waals surface area contributed by atoms with E-state index in [0.717, 1.165) is 19.3 Å². The summed E-state index contributed by atoms with van der Waals surface area (Å²) < 4.78 is 0. The molecule has 1 aromatic heterocycles. The third kappa shape index (κ3) is 2.76. The van der Waals surface area contributed by atoms with Crippen LogP contribution in [0.5, 0.6) is 0 Å². The summed E-state index contributed by atoms with van der Waals surface area (Å²) in [7, 11) is 0. The van der Waals surface area contributed by atoms with Crippen molar-refractivity contribution < 1.29 is 4.92 Å². The van der Waals surface area contributed by atoms with E-state index in [1.807, 2.05) is 0 Å². The molecule has 1 aromatic rings. The van der Waals surface area contributed by atoms with Crippen LogP contribution in [0.25, 0.3) is 0 Å². The van der Waals surface area contributed by atoms with Crippen molar-refractivity contribution in [3.63, 3.8) is 0 Å². The number of hydrogen-bond donors (Lipinski definition) is 1. The third-order valence-corrected chi connectivity index (χ3v) is 2.99. The Morgan fingerprint density at radius 2 is 2.28 bits per heavy atom. The van der Waals surface area contributed by atoms with Gasteiger partial charge >= 0.3 is 5.69 Å². The van der Waals surface area contributed by atoms with Crippen molar-refractivity contribution in [2.24, 2.45) is 0 Å². The van der Waals surface area contributed by atoms with E-state index >= 15 is 0 Å². The highest BCUT2D eigenvalue weighted by Gasteiger charge is 2.23. The lowest BCUT2D eigenvalue weighted by Gasteiger charge is -2.19. The summed E-state index contributed by atoms with van der Waals surface area (Å²) in [5, 5.41) is 14.1. The highest BCUT2D eigenvalue weighted by Crippen LogP contribution is 2.28. The summed E-state index contributed by atoms with van der Waals surface area (Å²) in [6.45, 7) is 1.55. The van der Waals surface area contributed by atoms with Crippen molar-refractivity contribution in [1.29, 1.82) is 0 Å². The molecule has 96 valence electrons. The van der Waals surface area contributed by atoms with Gasteiger partial charge in [0, 0.05) is 6.04 Å². The molecule has 1 N–H and O–H groups in total.